The van der Waals surface area contributed by atoms with Crippen LogP contribution in [0, 0.1) is 0 Å². The number of hydrogen-bond acceptors (Lipinski definition) is 2. The molecule has 0 saturated carbocycles. The molecule has 0 aliphatic carbocycles. The zero-order valence-electron chi connectivity index (χ0n) is 7.04. The van der Waals surface area contributed by atoms with Crippen molar-refractivity contribution in [1.82, 2.24) is 5.20 Å². The summed E-state index contributed by atoms with van der Waals surface area (Å²) in [6, 6.07) is 3.52. The van der Waals surface area contributed by atoms with E-state index in [-0.39, 0.29) is 0 Å². The van der Waals surface area contributed by atoms with Gasteiger partial charge in [0.15, 0.2) is 0 Å². The molecule has 0 heterocycles. The minimum atomic E-state index is -4.30. The minimum Gasteiger partial charge on any atom is -0.311 e. The highest BCUT2D eigenvalue weighted by Crippen LogP contribution is 2.37. The smallest absolute Gasteiger partial charge is 0.311 e. The summed E-state index contributed by atoms with van der Waals surface area (Å²) in [6.07, 6.45) is 0. The highest BCUT2D eigenvalue weighted by Gasteiger charge is 2.14. The van der Waals surface area contributed by atoms with Crippen LogP contribution in [0.3, 0.4) is 0 Å². The summed E-state index contributed by atoms with van der Waals surface area (Å²) in [5.41, 5.74) is 2.92. The molecule has 15 heavy (non-hydrogen) atoms. The fourth-order valence-electron chi connectivity index (χ4n) is 0.770. The Balaban J connectivity index is 2.94. The topological polar surface area (TPSA) is 81.6 Å². The fourth-order valence-corrected chi connectivity index (χ4v) is 2.50. The molecule has 0 radical (unpaired) electrons. The number of hydrazine groups is 1. The van der Waals surface area contributed by atoms with E-state index in [4.69, 9.17) is 9.79 Å². The van der Waals surface area contributed by atoms with Gasteiger partial charge < -0.3 is 15.2 Å². The first-order chi connectivity index (χ1) is 6.81. The lowest BCUT2D eigenvalue weighted by Gasteiger charge is -2.13. The summed E-state index contributed by atoms with van der Waals surface area (Å²) in [7, 11) is -4.30. The first-order valence-corrected chi connectivity index (χ1v) is 7.53. The molecule has 0 saturated heterocycles. The van der Waals surface area contributed by atoms with Crippen molar-refractivity contribution in [1.29, 1.82) is 0 Å². The van der Waals surface area contributed by atoms with E-state index < -0.39 is 7.75 Å². The van der Waals surface area contributed by atoms with Crippen LogP contribution in [0.2, 0.25) is 0 Å². The number of rotatable bonds is 3. The van der Waals surface area contributed by atoms with Crippen molar-refractivity contribution in [2.24, 2.45) is 0 Å². The van der Waals surface area contributed by atoms with Gasteiger partial charge in [0.25, 0.3) is 0 Å². The van der Waals surface area contributed by atoms with Crippen LogP contribution >= 0.6 is 55.5 Å². The van der Waals surface area contributed by atoms with E-state index in [2.05, 4.69) is 53.2 Å². The molecule has 4 N–H and O–H groups in total. The van der Waals surface area contributed by atoms with E-state index in [1.54, 1.807) is 12.1 Å². The van der Waals surface area contributed by atoms with Gasteiger partial charge in [-0.3, -0.25) is 0 Å². The highest BCUT2D eigenvalue weighted by atomic mass is 79.9. The summed E-state index contributed by atoms with van der Waals surface area (Å²) >= 11 is 9.78. The van der Waals surface area contributed by atoms with E-state index >= 15 is 0 Å². The maximum Gasteiger partial charge on any atom is 0.417 e. The molecule has 9 heteroatoms. The van der Waals surface area contributed by atoms with Crippen LogP contribution in [-0.4, -0.2) is 9.79 Å². The van der Waals surface area contributed by atoms with Gasteiger partial charge in [0.1, 0.15) is 0 Å². The first-order valence-electron chi connectivity index (χ1n) is 3.53. The van der Waals surface area contributed by atoms with Gasteiger partial charge in [-0.15, -0.1) is 5.20 Å². The number of nitrogens with one attached hydrogen (secondary N) is 2. The number of halogens is 3. The van der Waals surface area contributed by atoms with Gasteiger partial charge in [-0.2, -0.15) is 0 Å². The van der Waals surface area contributed by atoms with Gasteiger partial charge in [0.05, 0.1) is 10.2 Å². The fraction of sp³-hybridized carbons (Fsp3) is 0. The second kappa shape index (κ2) is 5.27. The molecule has 1 rings (SSSR count). The third kappa shape index (κ3) is 4.14. The van der Waals surface area contributed by atoms with E-state index in [1.807, 2.05) is 5.20 Å². The summed E-state index contributed by atoms with van der Waals surface area (Å²) in [6.45, 7) is 0. The Morgan fingerprint density at radius 2 is 1.67 bits per heavy atom. The summed E-state index contributed by atoms with van der Waals surface area (Å²) in [5.74, 6) is 0. The van der Waals surface area contributed by atoms with Gasteiger partial charge in [-0.05, 0) is 59.9 Å². The SMILES string of the molecule is O=P(O)(O)NNc1c(Br)ccc(Br)c1Br. The lowest BCUT2D eigenvalue weighted by molar-refractivity contribution is 0.362. The van der Waals surface area contributed by atoms with E-state index in [1.165, 1.54) is 0 Å². The Kier molecular flexibility index (Phi) is 4.79. The second-order valence-corrected chi connectivity index (χ2v) is 6.31. The molecule has 0 bridgehead atoms. The molecule has 0 spiro atoms. The molecule has 0 fully saturated rings. The van der Waals surface area contributed by atoms with Crippen molar-refractivity contribution in [3.8, 4) is 0 Å². The molecule has 0 atom stereocenters. The van der Waals surface area contributed by atoms with E-state index in [0.717, 1.165) is 4.47 Å². The molecule has 1 aromatic carbocycles. The van der Waals surface area contributed by atoms with Gasteiger partial charge in [0, 0.05) is 8.95 Å². The molecule has 1 aromatic rings. The Bertz CT molecular complexity index is 422. The maximum atomic E-state index is 10.6. The lowest BCUT2D eigenvalue weighted by atomic mass is 10.3. The third-order valence-electron chi connectivity index (χ3n) is 1.37. The molecule has 0 amide bonds. The van der Waals surface area contributed by atoms with Crippen LogP contribution < -0.4 is 10.6 Å². The molecule has 0 aliphatic heterocycles. The molecule has 5 nitrogen and oxygen atoms in total. The standard InChI is InChI=1S/C6H6Br3N2O3P/c7-3-1-2-4(8)6(5(3)9)10-11-15(12,13)14/h1-2,10H,(H3,11,12,13,14). The predicted octanol–water partition coefficient (Wildman–Crippen LogP) is 2.98. The first kappa shape index (κ1) is 13.6. The average molecular weight is 425 g/mol. The van der Waals surface area contributed by atoms with Gasteiger partial charge in [0.2, 0.25) is 0 Å². The highest BCUT2D eigenvalue weighted by molar-refractivity contribution is 9.13. The quantitative estimate of drug-likeness (QED) is 0.341. The number of anilines is 1. The summed E-state index contributed by atoms with van der Waals surface area (Å²) < 4.78 is 12.7. The summed E-state index contributed by atoms with van der Waals surface area (Å²) in [5, 5.41) is 1.88. The molecule has 0 aromatic heterocycles. The number of benzene rings is 1. The van der Waals surface area contributed by atoms with Crippen molar-refractivity contribution in [2.75, 3.05) is 5.43 Å². The van der Waals surface area contributed by atoms with Crippen LogP contribution in [-0.2, 0) is 4.57 Å². The van der Waals surface area contributed by atoms with Crippen molar-refractivity contribution in [2.45, 2.75) is 0 Å². The lowest BCUT2D eigenvalue weighted by Crippen LogP contribution is -2.18. The third-order valence-corrected chi connectivity index (χ3v) is 4.45. The Morgan fingerprint density at radius 3 is 2.20 bits per heavy atom. The van der Waals surface area contributed by atoms with Crippen molar-refractivity contribution < 1.29 is 14.4 Å². The minimum absolute atomic E-state index is 0.493. The second-order valence-electron chi connectivity index (χ2n) is 2.50. The Labute approximate surface area is 111 Å². The van der Waals surface area contributed by atoms with Crippen LogP contribution in [0.15, 0.2) is 25.6 Å². The van der Waals surface area contributed by atoms with Crippen molar-refractivity contribution in [3.63, 3.8) is 0 Å². The Hall–Kier alpha value is 0.570. The van der Waals surface area contributed by atoms with Crippen LogP contribution in [0.5, 0.6) is 0 Å². The summed E-state index contributed by atoms with van der Waals surface area (Å²) in [4.78, 5) is 17.3. The maximum absolute atomic E-state index is 10.6. The van der Waals surface area contributed by atoms with Gasteiger partial charge in [-0.25, -0.2) is 4.57 Å². The zero-order valence-corrected chi connectivity index (χ0v) is 12.7. The van der Waals surface area contributed by atoms with Crippen molar-refractivity contribution in [3.05, 3.63) is 25.6 Å². The zero-order chi connectivity index (χ0) is 11.6. The van der Waals surface area contributed by atoms with E-state index in [0.29, 0.717) is 14.6 Å². The van der Waals surface area contributed by atoms with Crippen molar-refractivity contribution >= 4 is 61.2 Å². The number of hydrogen-bond donors (Lipinski definition) is 4. The predicted molar refractivity (Wildman–Crippen MR) is 68.3 cm³/mol. The van der Waals surface area contributed by atoms with Gasteiger partial charge >= 0.3 is 7.75 Å². The Morgan fingerprint density at radius 1 is 1.13 bits per heavy atom. The molecular weight excluding hydrogens is 419 g/mol. The molecule has 0 aliphatic rings. The van der Waals surface area contributed by atoms with Crippen LogP contribution in [0.1, 0.15) is 0 Å². The molecule has 0 unspecified atom stereocenters. The monoisotopic (exact) mass is 422 g/mol. The normalized spacial score (nSPS) is 11.5. The van der Waals surface area contributed by atoms with Crippen LogP contribution in [0.4, 0.5) is 5.69 Å². The largest absolute Gasteiger partial charge is 0.417 e. The molecular formula is C6H6Br3N2O3P. The average Bonchev–Trinajstić information content (AvgIpc) is 2.10. The van der Waals surface area contributed by atoms with Crippen LogP contribution in [0.25, 0.3) is 0 Å². The van der Waals surface area contributed by atoms with Gasteiger partial charge in [-0.1, -0.05) is 0 Å². The molecule has 84 valence electrons. The van der Waals surface area contributed by atoms with E-state index in [9.17, 15) is 4.57 Å².